The number of rotatable bonds is 2. The fraction of sp³-hybridized carbons (Fsp3) is 0.167. The van der Waals surface area contributed by atoms with E-state index in [1.807, 2.05) is 24.3 Å². The van der Waals surface area contributed by atoms with Crippen LogP contribution in [0.5, 0.6) is 5.75 Å². The average Bonchev–Trinajstić information content (AvgIpc) is 3.18. The number of hydrogen-bond donors (Lipinski definition) is 1. The number of aromatic nitrogens is 1. The largest absolute Gasteiger partial charge is 0.507 e. The van der Waals surface area contributed by atoms with Gasteiger partial charge in [-0.1, -0.05) is 59.8 Å². The number of phenols is 1. The molecule has 144 valence electrons. The van der Waals surface area contributed by atoms with Crippen LogP contribution in [0.15, 0.2) is 65.2 Å². The quantitative estimate of drug-likeness (QED) is 0.544. The van der Waals surface area contributed by atoms with Crippen molar-refractivity contribution in [1.82, 2.24) is 10.1 Å². The number of amides is 1. The molecule has 0 bridgehead atoms. The van der Waals surface area contributed by atoms with Crippen LogP contribution in [0.3, 0.4) is 0 Å². The van der Waals surface area contributed by atoms with Crippen LogP contribution in [-0.4, -0.2) is 27.6 Å². The molecule has 0 saturated carbocycles. The van der Waals surface area contributed by atoms with Gasteiger partial charge in [-0.2, -0.15) is 0 Å². The van der Waals surface area contributed by atoms with E-state index in [2.05, 4.69) is 23.4 Å². The van der Waals surface area contributed by atoms with E-state index in [4.69, 9.17) is 4.52 Å². The average molecular weight is 384 g/mol. The number of fused-ring (bicyclic) bond motifs is 2. The van der Waals surface area contributed by atoms with E-state index < -0.39 is 0 Å². The third-order valence-corrected chi connectivity index (χ3v) is 5.63. The maximum Gasteiger partial charge on any atom is 0.257 e. The molecule has 0 spiro atoms. The molecule has 2 heterocycles. The number of aryl methyl sites for hydroxylation is 1. The number of carbonyl (C=O) groups is 1. The van der Waals surface area contributed by atoms with Crippen LogP contribution < -0.4 is 0 Å². The zero-order chi connectivity index (χ0) is 20.0. The lowest BCUT2D eigenvalue weighted by atomic mass is 9.96. The van der Waals surface area contributed by atoms with Gasteiger partial charge in [0.2, 0.25) is 0 Å². The van der Waals surface area contributed by atoms with Gasteiger partial charge in [-0.05, 0) is 29.3 Å². The van der Waals surface area contributed by atoms with Gasteiger partial charge in [0.25, 0.3) is 5.91 Å². The van der Waals surface area contributed by atoms with Gasteiger partial charge < -0.3 is 14.5 Å². The molecule has 1 aromatic heterocycles. The van der Waals surface area contributed by atoms with Gasteiger partial charge in [0.1, 0.15) is 17.2 Å². The predicted octanol–water partition coefficient (Wildman–Crippen LogP) is 4.71. The third-order valence-electron chi connectivity index (χ3n) is 5.63. The first-order chi connectivity index (χ1) is 14.1. The van der Waals surface area contributed by atoms with Crippen LogP contribution in [0, 0.1) is 6.92 Å². The van der Waals surface area contributed by atoms with Crippen LogP contribution >= 0.6 is 0 Å². The Morgan fingerprint density at radius 2 is 1.86 bits per heavy atom. The Morgan fingerprint density at radius 1 is 1.07 bits per heavy atom. The fourth-order valence-corrected chi connectivity index (χ4v) is 4.03. The Hall–Kier alpha value is -3.60. The third kappa shape index (κ3) is 2.86. The molecular weight excluding hydrogens is 364 g/mol. The fourth-order valence-electron chi connectivity index (χ4n) is 4.03. The SMILES string of the molecule is Cc1cccc(C(=O)N2CCc3onc(-c4cccc5ccccc45)c3C2)c1O. The van der Waals surface area contributed by atoms with Crippen molar-refractivity contribution in [2.45, 2.75) is 19.9 Å². The van der Waals surface area contributed by atoms with Crippen molar-refractivity contribution < 1.29 is 14.4 Å². The Labute approximate surface area is 168 Å². The normalized spacial score (nSPS) is 13.5. The molecule has 1 amide bonds. The molecule has 5 rings (SSSR count). The van der Waals surface area contributed by atoms with Crippen molar-refractivity contribution in [2.75, 3.05) is 6.54 Å². The molecule has 0 aliphatic carbocycles. The summed E-state index contributed by atoms with van der Waals surface area (Å²) in [5, 5.41) is 16.9. The second-order valence-corrected chi connectivity index (χ2v) is 7.41. The Bertz CT molecular complexity index is 1240. The Morgan fingerprint density at radius 3 is 2.76 bits per heavy atom. The molecule has 3 aromatic carbocycles. The highest BCUT2D eigenvalue weighted by atomic mass is 16.5. The first-order valence-corrected chi connectivity index (χ1v) is 9.67. The summed E-state index contributed by atoms with van der Waals surface area (Å²) in [6.45, 7) is 2.73. The van der Waals surface area contributed by atoms with Crippen LogP contribution in [0.2, 0.25) is 0 Å². The minimum atomic E-state index is -0.179. The molecule has 0 radical (unpaired) electrons. The summed E-state index contributed by atoms with van der Waals surface area (Å²) in [7, 11) is 0. The molecular formula is C24H20N2O3. The van der Waals surface area contributed by atoms with Crippen molar-refractivity contribution in [3.63, 3.8) is 0 Å². The molecule has 0 fully saturated rings. The first-order valence-electron chi connectivity index (χ1n) is 9.67. The van der Waals surface area contributed by atoms with Gasteiger partial charge in [0.05, 0.1) is 12.1 Å². The molecule has 1 aliphatic heterocycles. The molecule has 5 nitrogen and oxygen atoms in total. The van der Waals surface area contributed by atoms with Crippen molar-refractivity contribution in [3.05, 3.63) is 83.1 Å². The highest BCUT2D eigenvalue weighted by molar-refractivity contribution is 5.98. The lowest BCUT2D eigenvalue weighted by Crippen LogP contribution is -2.35. The molecule has 1 aliphatic rings. The molecule has 0 saturated heterocycles. The maximum absolute atomic E-state index is 13.1. The lowest BCUT2D eigenvalue weighted by Gasteiger charge is -2.27. The van der Waals surface area contributed by atoms with Gasteiger partial charge in [0, 0.05) is 24.1 Å². The molecule has 0 unspecified atom stereocenters. The van der Waals surface area contributed by atoms with Crippen LogP contribution in [-0.2, 0) is 13.0 Å². The summed E-state index contributed by atoms with van der Waals surface area (Å²) in [5.74, 6) is 0.690. The van der Waals surface area contributed by atoms with Gasteiger partial charge in [-0.15, -0.1) is 0 Å². The van der Waals surface area contributed by atoms with Crippen molar-refractivity contribution >= 4 is 16.7 Å². The van der Waals surface area contributed by atoms with Crippen molar-refractivity contribution in [2.24, 2.45) is 0 Å². The molecule has 29 heavy (non-hydrogen) atoms. The predicted molar refractivity (Wildman–Crippen MR) is 111 cm³/mol. The van der Waals surface area contributed by atoms with Crippen LogP contribution in [0.4, 0.5) is 0 Å². The molecule has 5 heteroatoms. The summed E-state index contributed by atoms with van der Waals surface area (Å²) in [5.41, 5.74) is 3.74. The molecule has 4 aromatic rings. The minimum absolute atomic E-state index is 0.0443. The zero-order valence-electron chi connectivity index (χ0n) is 16.1. The smallest absolute Gasteiger partial charge is 0.257 e. The monoisotopic (exact) mass is 384 g/mol. The lowest BCUT2D eigenvalue weighted by molar-refractivity contribution is 0.0726. The Kier molecular flexibility index (Phi) is 4.09. The van der Waals surface area contributed by atoms with E-state index in [9.17, 15) is 9.90 Å². The van der Waals surface area contributed by atoms with E-state index in [1.165, 1.54) is 0 Å². The summed E-state index contributed by atoms with van der Waals surface area (Å²) in [4.78, 5) is 14.8. The highest BCUT2D eigenvalue weighted by Gasteiger charge is 2.29. The number of carbonyl (C=O) groups excluding carboxylic acids is 1. The number of benzene rings is 3. The summed E-state index contributed by atoms with van der Waals surface area (Å²) >= 11 is 0. The van der Waals surface area contributed by atoms with Gasteiger partial charge in [-0.3, -0.25) is 4.79 Å². The second-order valence-electron chi connectivity index (χ2n) is 7.41. The van der Waals surface area contributed by atoms with Gasteiger partial charge in [-0.25, -0.2) is 0 Å². The first kappa shape index (κ1) is 17.5. The van der Waals surface area contributed by atoms with Crippen LogP contribution in [0.1, 0.15) is 27.2 Å². The summed E-state index contributed by atoms with van der Waals surface area (Å²) in [6.07, 6.45) is 0.603. The topological polar surface area (TPSA) is 66.6 Å². The molecule has 1 N–H and O–H groups in total. The zero-order valence-corrected chi connectivity index (χ0v) is 16.1. The number of phenolic OH excluding ortho intramolecular Hbond substituents is 1. The number of hydrogen-bond acceptors (Lipinski definition) is 4. The van der Waals surface area contributed by atoms with Crippen LogP contribution in [0.25, 0.3) is 22.0 Å². The van der Waals surface area contributed by atoms with E-state index in [1.54, 1.807) is 30.0 Å². The standard InChI is InChI=1S/C24H20N2O3/c1-15-6-4-11-19(23(15)27)24(28)26-13-12-21-20(14-26)22(25-29-21)18-10-5-8-16-7-2-3-9-17(16)18/h2-11,27H,12-14H2,1H3. The van der Waals surface area contributed by atoms with Crippen molar-refractivity contribution in [1.29, 1.82) is 0 Å². The van der Waals surface area contributed by atoms with E-state index >= 15 is 0 Å². The number of nitrogens with zero attached hydrogens (tertiary/aromatic N) is 2. The number of para-hydroxylation sites is 1. The van der Waals surface area contributed by atoms with E-state index in [-0.39, 0.29) is 11.7 Å². The summed E-state index contributed by atoms with van der Waals surface area (Å²) in [6, 6.07) is 19.5. The Balaban J connectivity index is 1.54. The molecule has 0 atom stereocenters. The summed E-state index contributed by atoms with van der Waals surface area (Å²) < 4.78 is 5.63. The van der Waals surface area contributed by atoms with E-state index in [0.717, 1.165) is 33.4 Å². The second kappa shape index (κ2) is 6.78. The van der Waals surface area contributed by atoms with Gasteiger partial charge in [0.15, 0.2) is 0 Å². The number of aromatic hydroxyl groups is 1. The highest BCUT2D eigenvalue weighted by Crippen LogP contribution is 2.35. The van der Waals surface area contributed by atoms with Crippen molar-refractivity contribution in [3.8, 4) is 17.0 Å². The minimum Gasteiger partial charge on any atom is -0.507 e. The van der Waals surface area contributed by atoms with Gasteiger partial charge >= 0.3 is 0 Å². The van der Waals surface area contributed by atoms with E-state index in [0.29, 0.717) is 30.6 Å². The maximum atomic E-state index is 13.1.